The summed E-state index contributed by atoms with van der Waals surface area (Å²) in [6, 6.07) is 5.48. The van der Waals surface area contributed by atoms with E-state index in [4.69, 9.17) is 0 Å². The molecule has 1 saturated heterocycles. The molecule has 1 heterocycles. The first-order chi connectivity index (χ1) is 9.54. The number of halogens is 1. The lowest BCUT2D eigenvalue weighted by Crippen LogP contribution is -2.40. The van der Waals surface area contributed by atoms with Crippen molar-refractivity contribution in [3.8, 4) is 0 Å². The molecule has 0 spiro atoms. The lowest BCUT2D eigenvalue weighted by molar-refractivity contribution is -0.136. The Morgan fingerprint density at radius 3 is 2.70 bits per heavy atom. The van der Waals surface area contributed by atoms with E-state index in [1.54, 1.807) is 4.90 Å². The molecule has 108 valence electrons. The Kier molecular flexibility index (Phi) is 4.71. The predicted molar refractivity (Wildman–Crippen MR) is 74.6 cm³/mol. The fourth-order valence-corrected chi connectivity index (χ4v) is 2.40. The van der Waals surface area contributed by atoms with Crippen molar-refractivity contribution in [2.24, 2.45) is 5.92 Å². The summed E-state index contributed by atoms with van der Waals surface area (Å²) in [4.78, 5) is 25.5. The third-order valence-electron chi connectivity index (χ3n) is 3.45. The largest absolute Gasteiger partial charge is 0.342 e. The van der Waals surface area contributed by atoms with E-state index < -0.39 is 0 Å². The zero-order valence-electron chi connectivity index (χ0n) is 11.6. The first kappa shape index (κ1) is 14.5. The van der Waals surface area contributed by atoms with Gasteiger partial charge in [0.25, 0.3) is 0 Å². The zero-order chi connectivity index (χ0) is 14.5. The minimum absolute atomic E-state index is 0.142. The van der Waals surface area contributed by atoms with Gasteiger partial charge in [0.1, 0.15) is 12.2 Å². The van der Waals surface area contributed by atoms with E-state index in [-0.39, 0.29) is 24.1 Å². The fourth-order valence-electron chi connectivity index (χ4n) is 2.40. The topological polar surface area (TPSA) is 49.4 Å². The Morgan fingerprint density at radius 1 is 1.35 bits per heavy atom. The van der Waals surface area contributed by atoms with Crippen molar-refractivity contribution in [1.29, 1.82) is 0 Å². The number of carbonyl (C=O) groups is 2. The number of piperidine rings is 1. The van der Waals surface area contributed by atoms with E-state index in [0.717, 1.165) is 25.9 Å². The first-order valence-electron chi connectivity index (χ1n) is 6.88. The van der Waals surface area contributed by atoms with Gasteiger partial charge in [0.05, 0.1) is 0 Å². The molecule has 1 N–H and O–H groups in total. The van der Waals surface area contributed by atoms with E-state index in [9.17, 15) is 14.0 Å². The Hall–Kier alpha value is -1.91. The van der Waals surface area contributed by atoms with Crippen molar-refractivity contribution < 1.29 is 14.0 Å². The number of amides is 2. The SMILES string of the molecule is CC1CCCN(C(=O)CC(=O)Nc2ccc(F)cc2)C1. The van der Waals surface area contributed by atoms with E-state index in [1.807, 2.05) is 0 Å². The van der Waals surface area contributed by atoms with Gasteiger partial charge in [0.15, 0.2) is 0 Å². The Morgan fingerprint density at radius 2 is 2.05 bits per heavy atom. The molecule has 4 nitrogen and oxygen atoms in total. The number of likely N-dealkylation sites (tertiary alicyclic amines) is 1. The monoisotopic (exact) mass is 278 g/mol. The summed E-state index contributed by atoms with van der Waals surface area (Å²) in [6.07, 6.45) is 1.96. The summed E-state index contributed by atoms with van der Waals surface area (Å²) in [5.74, 6) is -0.370. The number of nitrogens with one attached hydrogen (secondary N) is 1. The fraction of sp³-hybridized carbons (Fsp3) is 0.467. The van der Waals surface area contributed by atoms with Crippen LogP contribution in [0.1, 0.15) is 26.2 Å². The maximum absolute atomic E-state index is 12.7. The average Bonchev–Trinajstić information content (AvgIpc) is 2.41. The molecule has 0 bridgehead atoms. The molecule has 0 aromatic heterocycles. The molecule has 1 atom stereocenters. The molecule has 1 aliphatic heterocycles. The maximum Gasteiger partial charge on any atom is 0.233 e. The van der Waals surface area contributed by atoms with Gasteiger partial charge in [-0.1, -0.05) is 6.92 Å². The average molecular weight is 278 g/mol. The first-order valence-corrected chi connectivity index (χ1v) is 6.88. The second-order valence-corrected chi connectivity index (χ2v) is 5.32. The van der Waals surface area contributed by atoms with Gasteiger partial charge in [-0.15, -0.1) is 0 Å². The zero-order valence-corrected chi connectivity index (χ0v) is 11.6. The third kappa shape index (κ3) is 4.05. The molecule has 0 saturated carbocycles. The van der Waals surface area contributed by atoms with Gasteiger partial charge >= 0.3 is 0 Å². The molecular weight excluding hydrogens is 259 g/mol. The van der Waals surface area contributed by atoms with E-state index >= 15 is 0 Å². The van der Waals surface area contributed by atoms with Crippen LogP contribution in [0.2, 0.25) is 0 Å². The highest BCUT2D eigenvalue weighted by molar-refractivity contribution is 6.03. The van der Waals surface area contributed by atoms with Gasteiger partial charge in [-0.3, -0.25) is 9.59 Å². The van der Waals surface area contributed by atoms with Crippen molar-refractivity contribution in [2.45, 2.75) is 26.2 Å². The smallest absolute Gasteiger partial charge is 0.233 e. The van der Waals surface area contributed by atoms with Gasteiger partial charge in [-0.05, 0) is 43.0 Å². The van der Waals surface area contributed by atoms with Crippen molar-refractivity contribution >= 4 is 17.5 Å². The molecular formula is C15H19FN2O2. The molecule has 2 rings (SSSR count). The van der Waals surface area contributed by atoms with Crippen LogP contribution in [0.4, 0.5) is 10.1 Å². The number of carbonyl (C=O) groups excluding carboxylic acids is 2. The van der Waals surface area contributed by atoms with Gasteiger partial charge in [-0.2, -0.15) is 0 Å². The number of rotatable bonds is 3. The Balaban J connectivity index is 1.84. The standard InChI is InChI=1S/C15H19FN2O2/c1-11-3-2-8-18(10-11)15(20)9-14(19)17-13-6-4-12(16)5-7-13/h4-7,11H,2-3,8-10H2,1H3,(H,17,19). The van der Waals surface area contributed by atoms with Gasteiger partial charge in [0.2, 0.25) is 11.8 Å². The summed E-state index contributed by atoms with van der Waals surface area (Å²) in [6.45, 7) is 3.56. The normalized spacial score (nSPS) is 18.7. The van der Waals surface area contributed by atoms with Gasteiger partial charge in [0, 0.05) is 18.8 Å². The van der Waals surface area contributed by atoms with Crippen LogP contribution < -0.4 is 5.32 Å². The van der Waals surface area contributed by atoms with Crippen molar-refractivity contribution in [3.63, 3.8) is 0 Å². The summed E-state index contributed by atoms with van der Waals surface area (Å²) >= 11 is 0. The molecule has 5 heteroatoms. The van der Waals surface area contributed by atoms with Gasteiger partial charge in [-0.25, -0.2) is 4.39 Å². The lowest BCUT2D eigenvalue weighted by Gasteiger charge is -2.30. The number of benzene rings is 1. The van der Waals surface area contributed by atoms with Crippen LogP contribution in [0.15, 0.2) is 24.3 Å². The van der Waals surface area contributed by atoms with E-state index in [1.165, 1.54) is 24.3 Å². The molecule has 0 aliphatic carbocycles. The summed E-state index contributed by atoms with van der Waals surface area (Å²) < 4.78 is 12.7. The van der Waals surface area contributed by atoms with Crippen molar-refractivity contribution in [1.82, 2.24) is 4.90 Å². The van der Waals surface area contributed by atoms with Crippen LogP contribution in [0, 0.1) is 11.7 Å². The maximum atomic E-state index is 12.7. The minimum atomic E-state index is -0.361. The Labute approximate surface area is 118 Å². The molecule has 1 aliphatic rings. The number of anilines is 1. The molecule has 1 fully saturated rings. The second-order valence-electron chi connectivity index (χ2n) is 5.32. The highest BCUT2D eigenvalue weighted by atomic mass is 19.1. The number of hydrogen-bond acceptors (Lipinski definition) is 2. The van der Waals surface area contributed by atoms with Crippen molar-refractivity contribution in [2.75, 3.05) is 18.4 Å². The molecule has 1 aromatic rings. The van der Waals surface area contributed by atoms with Crippen LogP contribution in [0.5, 0.6) is 0 Å². The Bertz CT molecular complexity index is 487. The van der Waals surface area contributed by atoms with Crippen LogP contribution >= 0.6 is 0 Å². The molecule has 1 aromatic carbocycles. The predicted octanol–water partition coefficient (Wildman–Crippen LogP) is 2.41. The number of nitrogens with zero attached hydrogens (tertiary/aromatic N) is 1. The minimum Gasteiger partial charge on any atom is -0.342 e. The number of hydrogen-bond donors (Lipinski definition) is 1. The summed E-state index contributed by atoms with van der Waals surface area (Å²) in [5, 5.41) is 2.60. The molecule has 1 unspecified atom stereocenters. The van der Waals surface area contributed by atoms with E-state index in [0.29, 0.717) is 11.6 Å². The third-order valence-corrected chi connectivity index (χ3v) is 3.45. The van der Waals surface area contributed by atoms with Crippen LogP contribution in [0.3, 0.4) is 0 Å². The highest BCUT2D eigenvalue weighted by Crippen LogP contribution is 2.16. The second kappa shape index (κ2) is 6.50. The highest BCUT2D eigenvalue weighted by Gasteiger charge is 2.22. The van der Waals surface area contributed by atoms with Crippen LogP contribution in [-0.4, -0.2) is 29.8 Å². The van der Waals surface area contributed by atoms with Crippen molar-refractivity contribution in [3.05, 3.63) is 30.1 Å². The van der Waals surface area contributed by atoms with E-state index in [2.05, 4.69) is 12.2 Å². The summed E-state index contributed by atoms with van der Waals surface area (Å²) in [7, 11) is 0. The van der Waals surface area contributed by atoms with Crippen LogP contribution in [-0.2, 0) is 9.59 Å². The van der Waals surface area contributed by atoms with Gasteiger partial charge < -0.3 is 10.2 Å². The molecule has 0 radical (unpaired) electrons. The molecule has 2 amide bonds. The summed E-state index contributed by atoms with van der Waals surface area (Å²) in [5.41, 5.74) is 0.496. The molecule has 20 heavy (non-hydrogen) atoms. The quantitative estimate of drug-likeness (QED) is 0.863. The lowest BCUT2D eigenvalue weighted by atomic mass is 10.00. The van der Waals surface area contributed by atoms with Crippen LogP contribution in [0.25, 0.3) is 0 Å².